The number of alkyl halides is 1. The number of hydrogen-bond donors (Lipinski definition) is 4. The summed E-state index contributed by atoms with van der Waals surface area (Å²) in [6.07, 6.45) is -5.29. The topological polar surface area (TPSA) is 224 Å². The van der Waals surface area contributed by atoms with Crippen molar-refractivity contribution in [3.63, 3.8) is 0 Å². The number of aliphatic hydroxyl groups excluding tert-OH is 1. The minimum atomic E-state index is -4.55. The van der Waals surface area contributed by atoms with Gasteiger partial charge in [0.15, 0.2) is 12.4 Å². The number of nitrogens with zero attached hydrogens (tertiary/aromatic N) is 5. The largest absolute Gasteiger partial charge is 0.480 e. The second-order valence-corrected chi connectivity index (χ2v) is 9.03. The number of rotatable bonds is 10. The standard InChI is InChI=1S/C18H21FN7O8P/c1-10(16(28)29)23-35(31,34-11-5-3-2-4-6-11)32-9-18(24-25-21)14(27)13(19)15(33-18)26-8-7-12(20)22-17(26)30/h2-8,10,13-15,27H,9H2,1H3,(H,23,31)(H,28,29)(H2,20,22,30)/t10-,13+,14-,15+,18+,35?/m0/s1. The first kappa shape index (κ1) is 26.1. The van der Waals surface area contributed by atoms with E-state index in [0.717, 1.165) is 13.1 Å². The van der Waals surface area contributed by atoms with Crippen LogP contribution < -0.4 is 21.0 Å². The first-order valence-corrected chi connectivity index (χ1v) is 11.5. The molecule has 0 amide bonds. The molecular formula is C18H21FN7O8P. The molecule has 1 fully saturated rings. The summed E-state index contributed by atoms with van der Waals surface area (Å²) in [4.78, 5) is 29.4. The van der Waals surface area contributed by atoms with E-state index in [1.807, 2.05) is 0 Å². The van der Waals surface area contributed by atoms with Crippen LogP contribution in [-0.4, -0.2) is 56.4 Å². The Morgan fingerprint density at radius 3 is 2.77 bits per heavy atom. The lowest BCUT2D eigenvalue weighted by molar-refractivity contribution is -0.138. The zero-order valence-electron chi connectivity index (χ0n) is 18.0. The summed E-state index contributed by atoms with van der Waals surface area (Å²) in [5, 5.41) is 25.2. The number of nitrogen functional groups attached to an aromatic ring is 1. The highest BCUT2D eigenvalue weighted by atomic mass is 31.2. The average molecular weight is 513 g/mol. The van der Waals surface area contributed by atoms with Crippen molar-refractivity contribution in [1.29, 1.82) is 0 Å². The number of carboxylic acids is 1. The highest BCUT2D eigenvalue weighted by Gasteiger charge is 2.57. The minimum absolute atomic E-state index is 0.0207. The van der Waals surface area contributed by atoms with Gasteiger partial charge in [0.1, 0.15) is 23.7 Å². The number of halogens is 1. The third-order valence-electron chi connectivity index (χ3n) is 4.83. The highest BCUT2D eigenvalue weighted by Crippen LogP contribution is 2.48. The van der Waals surface area contributed by atoms with Crippen LogP contribution in [0.4, 0.5) is 10.2 Å². The van der Waals surface area contributed by atoms with Crippen LogP contribution in [0.25, 0.3) is 10.4 Å². The van der Waals surface area contributed by atoms with E-state index in [-0.39, 0.29) is 11.6 Å². The number of aliphatic carboxylic acids is 1. The number of nitrogens with two attached hydrogens (primary N) is 1. The number of aliphatic hydroxyl groups is 1. The molecule has 2 heterocycles. The van der Waals surface area contributed by atoms with Crippen molar-refractivity contribution in [3.05, 3.63) is 63.5 Å². The van der Waals surface area contributed by atoms with E-state index in [9.17, 15) is 24.4 Å². The van der Waals surface area contributed by atoms with Gasteiger partial charge in [-0.1, -0.05) is 23.3 Å². The Kier molecular flexibility index (Phi) is 7.75. The Morgan fingerprint density at radius 1 is 1.49 bits per heavy atom. The van der Waals surface area contributed by atoms with E-state index < -0.39 is 56.3 Å². The SMILES string of the molecule is C[C@H](NP(=O)(OC[C@@]1(N=[N+]=[N-])O[C@@H](n2ccc(N)nc2=O)[C@H](F)[C@@H]1O)Oc1ccccc1)C(=O)O. The first-order valence-electron chi connectivity index (χ1n) is 9.91. The molecule has 0 aliphatic carbocycles. The Hall–Kier alpha value is -3.52. The average Bonchev–Trinajstić information content (AvgIpc) is 3.04. The summed E-state index contributed by atoms with van der Waals surface area (Å²) in [6, 6.07) is 7.27. The van der Waals surface area contributed by atoms with E-state index in [0.29, 0.717) is 4.57 Å². The molecule has 1 unspecified atom stereocenters. The van der Waals surface area contributed by atoms with Crippen molar-refractivity contribution >= 4 is 19.5 Å². The molecule has 1 saturated heterocycles. The molecule has 5 N–H and O–H groups in total. The van der Waals surface area contributed by atoms with Gasteiger partial charge in [0.2, 0.25) is 5.72 Å². The fourth-order valence-corrected chi connectivity index (χ4v) is 4.58. The molecule has 1 aliphatic heterocycles. The summed E-state index contributed by atoms with van der Waals surface area (Å²) >= 11 is 0. The number of azide groups is 1. The molecule has 35 heavy (non-hydrogen) atoms. The maximum absolute atomic E-state index is 15.0. The Balaban J connectivity index is 1.91. The van der Waals surface area contributed by atoms with Gasteiger partial charge < -0.3 is 25.2 Å². The van der Waals surface area contributed by atoms with Crippen LogP contribution in [0.1, 0.15) is 13.2 Å². The monoisotopic (exact) mass is 513 g/mol. The third kappa shape index (κ3) is 5.77. The van der Waals surface area contributed by atoms with Crippen molar-refractivity contribution in [2.75, 3.05) is 12.3 Å². The summed E-state index contributed by atoms with van der Waals surface area (Å²) in [6.45, 7) is 0.0979. The lowest BCUT2D eigenvalue weighted by atomic mass is 10.1. The molecule has 0 spiro atoms. The lowest BCUT2D eigenvalue weighted by Crippen LogP contribution is -2.45. The smallest absolute Gasteiger partial charge is 0.459 e. The van der Waals surface area contributed by atoms with Gasteiger partial charge in [-0.05, 0) is 30.7 Å². The van der Waals surface area contributed by atoms with E-state index in [1.54, 1.807) is 18.2 Å². The van der Waals surface area contributed by atoms with Gasteiger partial charge in [-0.15, -0.1) is 0 Å². The van der Waals surface area contributed by atoms with E-state index in [2.05, 4.69) is 20.1 Å². The van der Waals surface area contributed by atoms with Crippen molar-refractivity contribution in [2.45, 2.75) is 37.2 Å². The Morgan fingerprint density at radius 2 is 2.17 bits per heavy atom. The molecule has 0 radical (unpaired) electrons. The fourth-order valence-electron chi connectivity index (χ4n) is 3.06. The predicted octanol–water partition coefficient (Wildman–Crippen LogP) is 1.33. The predicted molar refractivity (Wildman–Crippen MR) is 117 cm³/mol. The van der Waals surface area contributed by atoms with Crippen molar-refractivity contribution in [2.24, 2.45) is 5.11 Å². The molecule has 0 saturated carbocycles. The maximum atomic E-state index is 15.0. The number of para-hydroxylation sites is 1. The molecule has 15 nitrogen and oxygen atoms in total. The van der Waals surface area contributed by atoms with Crippen molar-refractivity contribution in [3.8, 4) is 5.75 Å². The zero-order chi connectivity index (χ0) is 25.8. The van der Waals surface area contributed by atoms with E-state index in [4.69, 9.17) is 25.0 Å². The molecule has 17 heteroatoms. The van der Waals surface area contributed by atoms with Crippen LogP contribution in [0.3, 0.4) is 0 Å². The van der Waals surface area contributed by atoms with Gasteiger partial charge in [0.25, 0.3) is 0 Å². The molecule has 0 bridgehead atoms. The molecule has 3 rings (SSSR count). The second kappa shape index (κ2) is 10.4. The van der Waals surface area contributed by atoms with Crippen LogP contribution in [0, 0.1) is 0 Å². The highest BCUT2D eigenvalue weighted by molar-refractivity contribution is 7.52. The normalized spacial score (nSPS) is 26.3. The van der Waals surface area contributed by atoms with Crippen LogP contribution in [0.2, 0.25) is 0 Å². The van der Waals surface area contributed by atoms with Crippen LogP contribution >= 0.6 is 7.75 Å². The summed E-state index contributed by atoms with van der Waals surface area (Å²) in [5.74, 6) is -1.53. The lowest BCUT2D eigenvalue weighted by Gasteiger charge is -2.29. The summed E-state index contributed by atoms with van der Waals surface area (Å²) < 4.78 is 45.1. The van der Waals surface area contributed by atoms with E-state index in [1.165, 1.54) is 18.2 Å². The van der Waals surface area contributed by atoms with Crippen LogP contribution in [-0.2, 0) is 18.6 Å². The van der Waals surface area contributed by atoms with Crippen LogP contribution in [0.15, 0.2) is 52.5 Å². The van der Waals surface area contributed by atoms with Gasteiger partial charge in [-0.2, -0.15) is 10.1 Å². The number of carboxylic acid groups (broad SMARTS) is 1. The number of hydrogen-bond acceptors (Lipinski definition) is 10. The van der Waals surface area contributed by atoms with Crippen molar-refractivity contribution in [1.82, 2.24) is 14.6 Å². The Labute approximate surface area is 196 Å². The Bertz CT molecular complexity index is 1230. The molecule has 1 aliphatic rings. The molecule has 1 aromatic carbocycles. The molecule has 6 atom stereocenters. The van der Waals surface area contributed by atoms with Crippen molar-refractivity contribution < 1.29 is 37.7 Å². The van der Waals surface area contributed by atoms with E-state index >= 15 is 4.39 Å². The number of aromatic nitrogens is 2. The van der Waals surface area contributed by atoms with Gasteiger partial charge in [-0.25, -0.2) is 13.8 Å². The molecule has 2 aromatic rings. The molecule has 188 valence electrons. The second-order valence-electron chi connectivity index (χ2n) is 7.34. The zero-order valence-corrected chi connectivity index (χ0v) is 18.9. The first-order chi connectivity index (χ1) is 16.5. The van der Waals surface area contributed by atoms with Gasteiger partial charge in [-0.3, -0.25) is 13.9 Å². The van der Waals surface area contributed by atoms with Gasteiger partial charge in [0.05, 0.1) is 6.61 Å². The van der Waals surface area contributed by atoms with Crippen LogP contribution in [0.5, 0.6) is 5.75 Å². The van der Waals surface area contributed by atoms with Gasteiger partial charge >= 0.3 is 19.4 Å². The molecular weight excluding hydrogens is 492 g/mol. The minimum Gasteiger partial charge on any atom is -0.480 e. The summed E-state index contributed by atoms with van der Waals surface area (Å²) in [7, 11) is -4.55. The maximum Gasteiger partial charge on any atom is 0.459 e. The number of ether oxygens (including phenoxy) is 1. The van der Waals surface area contributed by atoms with Gasteiger partial charge in [0, 0.05) is 11.1 Å². The number of benzene rings is 1. The molecule has 1 aromatic heterocycles. The number of anilines is 1. The number of nitrogens with one attached hydrogen (secondary N) is 1. The summed E-state index contributed by atoms with van der Waals surface area (Å²) in [5.41, 5.74) is 10.9. The quantitative estimate of drug-likeness (QED) is 0.153. The third-order valence-corrected chi connectivity index (χ3v) is 6.46. The number of carbonyl (C=O) groups is 1. The fraction of sp³-hybridized carbons (Fsp3) is 0.389.